The Hall–Kier alpha value is -3.03. The zero-order chi connectivity index (χ0) is 21.8. The van der Waals surface area contributed by atoms with Crippen molar-refractivity contribution in [1.29, 1.82) is 0 Å². The van der Waals surface area contributed by atoms with Gasteiger partial charge in [0.1, 0.15) is 0 Å². The van der Waals surface area contributed by atoms with E-state index in [2.05, 4.69) is 84.9 Å². The summed E-state index contributed by atoms with van der Waals surface area (Å²) >= 11 is 0. The Morgan fingerprint density at radius 3 is 1.18 bits per heavy atom. The summed E-state index contributed by atoms with van der Waals surface area (Å²) in [5.74, 6) is 0. The van der Waals surface area contributed by atoms with Crippen LogP contribution in [0.3, 0.4) is 0 Å². The van der Waals surface area contributed by atoms with Gasteiger partial charge in [-0.25, -0.2) is 0 Å². The van der Waals surface area contributed by atoms with Crippen molar-refractivity contribution >= 4 is 21.5 Å². The van der Waals surface area contributed by atoms with Crippen molar-refractivity contribution in [2.24, 2.45) is 0 Å². The molecule has 0 spiro atoms. The second-order valence-corrected chi connectivity index (χ2v) is 7.64. The van der Waals surface area contributed by atoms with Crippen LogP contribution in [-0.4, -0.2) is 0 Å². The fraction of sp³-hybridized carbons (Fsp3) is 0.0625. The zero-order valence-electron chi connectivity index (χ0n) is 18.6. The molecule has 0 aromatic heterocycles. The van der Waals surface area contributed by atoms with Crippen LogP contribution in [0.1, 0.15) is 11.1 Å². The standard InChI is InChI=1S/C20H16.2C6H5.Hf/c1-2-6-18-12-15(11-17(18)5-1)9-10-16-13-19-7-3-4-8-20(19)14-16;2*1-2-4-6-5-3-1;/h1-8,11-14H,9-10H2;2*1-5H;/q-2;2*-1;+4. The van der Waals surface area contributed by atoms with E-state index in [1.807, 2.05) is 60.7 Å². The molecule has 0 saturated carbocycles. The molecule has 0 heterocycles. The molecule has 0 aliphatic carbocycles. The van der Waals surface area contributed by atoms with Crippen LogP contribution < -0.4 is 0 Å². The SMILES string of the molecule is [Hf+4].[c-]1ccccc1.[c-]1ccccc1.c1ccc2[cH-]c(CCc3cc4ccccc4[cH-]3)cc2c1. The zero-order valence-corrected chi connectivity index (χ0v) is 22.2. The van der Waals surface area contributed by atoms with E-state index in [1.54, 1.807) is 0 Å². The molecule has 6 aromatic carbocycles. The van der Waals surface area contributed by atoms with Crippen molar-refractivity contribution in [3.05, 3.63) is 157 Å². The van der Waals surface area contributed by atoms with Crippen molar-refractivity contribution in [2.75, 3.05) is 0 Å². The van der Waals surface area contributed by atoms with Gasteiger partial charge in [0.05, 0.1) is 0 Å². The quantitative estimate of drug-likeness (QED) is 0.144. The third-order valence-corrected chi connectivity index (χ3v) is 5.27. The first-order valence-corrected chi connectivity index (χ1v) is 11.0. The summed E-state index contributed by atoms with van der Waals surface area (Å²) in [5, 5.41) is 5.43. The van der Waals surface area contributed by atoms with Gasteiger partial charge >= 0.3 is 25.8 Å². The molecule has 6 rings (SSSR count). The number of aryl methyl sites for hydroxylation is 2. The first kappa shape index (κ1) is 24.6. The Labute approximate surface area is 216 Å². The van der Waals surface area contributed by atoms with Crippen molar-refractivity contribution in [2.45, 2.75) is 12.8 Å². The number of fused-ring (bicyclic) bond motifs is 2. The largest absolute Gasteiger partial charge is 4.00 e. The first-order valence-electron chi connectivity index (χ1n) is 11.0. The van der Waals surface area contributed by atoms with Crippen molar-refractivity contribution in [1.82, 2.24) is 0 Å². The topological polar surface area (TPSA) is 0 Å². The number of rotatable bonds is 3. The summed E-state index contributed by atoms with van der Waals surface area (Å²) in [6.07, 6.45) is 2.23. The summed E-state index contributed by atoms with van der Waals surface area (Å²) in [4.78, 5) is 0. The van der Waals surface area contributed by atoms with E-state index in [9.17, 15) is 0 Å². The Kier molecular flexibility index (Phi) is 10.1. The summed E-state index contributed by atoms with van der Waals surface area (Å²) in [6, 6.07) is 51.5. The average Bonchev–Trinajstić information content (AvgIpc) is 3.49. The van der Waals surface area contributed by atoms with Crippen LogP contribution in [0.5, 0.6) is 0 Å². The number of hydrogen-bond donors (Lipinski definition) is 0. The molecule has 0 nitrogen and oxygen atoms in total. The molecule has 0 atom stereocenters. The molecule has 0 radical (unpaired) electrons. The van der Waals surface area contributed by atoms with Crippen LogP contribution in [0.15, 0.2) is 133 Å². The van der Waals surface area contributed by atoms with Crippen LogP contribution in [0.25, 0.3) is 21.5 Å². The van der Waals surface area contributed by atoms with Gasteiger partial charge in [-0.3, -0.25) is 0 Å². The predicted molar refractivity (Wildman–Crippen MR) is 137 cm³/mol. The predicted octanol–water partition coefficient (Wildman–Crippen LogP) is 8.19. The first-order chi connectivity index (χ1) is 15.9. The van der Waals surface area contributed by atoms with E-state index in [1.165, 1.54) is 32.7 Å². The van der Waals surface area contributed by atoms with Gasteiger partial charge in [-0.15, -0.1) is 81.2 Å². The van der Waals surface area contributed by atoms with E-state index < -0.39 is 0 Å². The van der Waals surface area contributed by atoms with Crippen molar-refractivity contribution < 1.29 is 25.8 Å². The normalized spacial score (nSPS) is 9.82. The Morgan fingerprint density at radius 1 is 0.485 bits per heavy atom. The fourth-order valence-corrected chi connectivity index (χ4v) is 3.69. The van der Waals surface area contributed by atoms with Gasteiger partial charge < -0.3 is 0 Å². The third-order valence-electron chi connectivity index (χ3n) is 5.27. The smallest absolute Gasteiger partial charge is 0.184 e. The minimum absolute atomic E-state index is 0. The molecule has 0 aliphatic rings. The summed E-state index contributed by atoms with van der Waals surface area (Å²) < 4.78 is 0. The maximum Gasteiger partial charge on any atom is 4.00 e. The van der Waals surface area contributed by atoms with Gasteiger partial charge in [-0.2, -0.15) is 84.9 Å². The Bertz CT molecular complexity index is 1090. The Balaban J connectivity index is 0.000000194. The molecule has 6 aromatic rings. The van der Waals surface area contributed by atoms with Crippen LogP contribution in [0.2, 0.25) is 0 Å². The molecule has 0 N–H and O–H groups in total. The van der Waals surface area contributed by atoms with Gasteiger partial charge in [-0.05, 0) is 12.8 Å². The minimum atomic E-state index is 0. The van der Waals surface area contributed by atoms with E-state index in [0.717, 1.165) is 12.8 Å². The van der Waals surface area contributed by atoms with E-state index in [0.29, 0.717) is 0 Å². The molecule has 1 heteroatoms. The van der Waals surface area contributed by atoms with Crippen LogP contribution in [-0.2, 0) is 38.7 Å². The van der Waals surface area contributed by atoms with Crippen LogP contribution in [0, 0.1) is 12.1 Å². The van der Waals surface area contributed by atoms with Crippen LogP contribution >= 0.6 is 0 Å². The molecule has 0 bridgehead atoms. The molecular weight excluding hydrogens is 563 g/mol. The number of benzene rings is 4. The molecule has 0 aliphatic heterocycles. The van der Waals surface area contributed by atoms with Gasteiger partial charge in [0.25, 0.3) is 0 Å². The van der Waals surface area contributed by atoms with Gasteiger partial charge in [-0.1, -0.05) is 12.1 Å². The molecule has 158 valence electrons. The van der Waals surface area contributed by atoms with Crippen molar-refractivity contribution in [3.63, 3.8) is 0 Å². The van der Waals surface area contributed by atoms with Crippen molar-refractivity contribution in [3.8, 4) is 0 Å². The van der Waals surface area contributed by atoms with E-state index >= 15 is 0 Å². The fourth-order valence-electron chi connectivity index (χ4n) is 3.69. The second kappa shape index (κ2) is 13.5. The Morgan fingerprint density at radius 2 is 0.879 bits per heavy atom. The molecular formula is C32H26Hf. The molecule has 33 heavy (non-hydrogen) atoms. The molecule has 0 fully saturated rings. The minimum Gasteiger partial charge on any atom is -0.184 e. The van der Waals surface area contributed by atoms with Gasteiger partial charge in [0.15, 0.2) is 0 Å². The maximum absolute atomic E-state index is 2.89. The van der Waals surface area contributed by atoms with Gasteiger partial charge in [0, 0.05) is 0 Å². The van der Waals surface area contributed by atoms with E-state index in [-0.39, 0.29) is 25.8 Å². The van der Waals surface area contributed by atoms with Gasteiger partial charge in [0.2, 0.25) is 0 Å². The average molecular weight is 589 g/mol. The third kappa shape index (κ3) is 7.80. The summed E-state index contributed by atoms with van der Waals surface area (Å²) in [7, 11) is 0. The summed E-state index contributed by atoms with van der Waals surface area (Å²) in [5.41, 5.74) is 2.88. The number of hydrogen-bond acceptors (Lipinski definition) is 0. The van der Waals surface area contributed by atoms with E-state index in [4.69, 9.17) is 0 Å². The maximum atomic E-state index is 2.89. The van der Waals surface area contributed by atoms with Crippen LogP contribution in [0.4, 0.5) is 0 Å². The monoisotopic (exact) mass is 590 g/mol. The second-order valence-electron chi connectivity index (χ2n) is 7.64. The summed E-state index contributed by atoms with van der Waals surface area (Å²) in [6.45, 7) is 0. The molecule has 0 saturated heterocycles. The molecule has 0 amide bonds. The molecule has 0 unspecified atom stereocenters.